The molecule has 1 aromatic carbocycles. The monoisotopic (exact) mass is 307 g/mol. The fourth-order valence-corrected chi connectivity index (χ4v) is 2.16. The number of nitrogens with one attached hydrogen (secondary N) is 2. The highest BCUT2D eigenvalue weighted by atomic mass is 35.5. The number of halogens is 1. The Kier molecular flexibility index (Phi) is 3.76. The number of ether oxygens (including phenoxy) is 1. The molecule has 2 N–H and O–H groups in total. The first-order chi connectivity index (χ1) is 10.2. The second kappa shape index (κ2) is 5.71. The molecule has 2 aromatic rings. The van der Waals surface area contributed by atoms with E-state index in [1.807, 2.05) is 0 Å². The highest BCUT2D eigenvalue weighted by Crippen LogP contribution is 2.28. The molecule has 1 amide bonds. The summed E-state index contributed by atoms with van der Waals surface area (Å²) in [7, 11) is 1.53. The van der Waals surface area contributed by atoms with Crippen molar-refractivity contribution in [2.75, 3.05) is 25.5 Å². The van der Waals surface area contributed by atoms with Crippen molar-refractivity contribution in [1.82, 2.24) is 20.3 Å². The first-order valence-electron chi connectivity index (χ1n) is 6.45. The molecule has 1 aliphatic heterocycles. The van der Waals surface area contributed by atoms with E-state index in [0.717, 1.165) is 13.1 Å². The van der Waals surface area contributed by atoms with Crippen molar-refractivity contribution in [1.29, 1.82) is 0 Å². The minimum Gasteiger partial charge on any atom is -0.495 e. The number of aromatic nitrogens is 3. The van der Waals surface area contributed by atoms with Gasteiger partial charge in [-0.2, -0.15) is 0 Å². The van der Waals surface area contributed by atoms with Crippen molar-refractivity contribution in [3.05, 3.63) is 35.1 Å². The number of hydrogen-bond acceptors (Lipinski definition) is 5. The van der Waals surface area contributed by atoms with Crippen LogP contribution >= 0.6 is 11.6 Å². The van der Waals surface area contributed by atoms with Crippen LogP contribution in [0.1, 0.15) is 16.5 Å². The van der Waals surface area contributed by atoms with E-state index in [0.29, 0.717) is 16.5 Å². The van der Waals surface area contributed by atoms with Gasteiger partial charge in [-0.1, -0.05) is 16.8 Å². The smallest absolute Gasteiger partial charge is 0.277 e. The molecular weight excluding hydrogens is 294 g/mol. The lowest BCUT2D eigenvalue weighted by atomic mass is 10.2. The van der Waals surface area contributed by atoms with E-state index >= 15 is 0 Å². The van der Waals surface area contributed by atoms with Crippen LogP contribution in [0, 0.1) is 0 Å². The molecule has 110 valence electrons. The molecule has 0 spiro atoms. The molecule has 1 fully saturated rings. The zero-order valence-electron chi connectivity index (χ0n) is 11.3. The number of benzene rings is 1. The van der Waals surface area contributed by atoms with Crippen LogP contribution in [0.5, 0.6) is 5.75 Å². The Labute approximate surface area is 126 Å². The maximum atomic E-state index is 12.2. The Morgan fingerprint density at radius 2 is 2.33 bits per heavy atom. The minimum atomic E-state index is -0.353. The van der Waals surface area contributed by atoms with Crippen LogP contribution in [0.15, 0.2) is 24.4 Å². The van der Waals surface area contributed by atoms with Gasteiger partial charge in [-0.05, 0) is 18.2 Å². The van der Waals surface area contributed by atoms with E-state index in [4.69, 9.17) is 16.3 Å². The van der Waals surface area contributed by atoms with Gasteiger partial charge < -0.3 is 15.4 Å². The molecule has 0 atom stereocenters. The molecule has 0 unspecified atom stereocenters. The van der Waals surface area contributed by atoms with Gasteiger partial charge in [-0.25, -0.2) is 4.68 Å². The minimum absolute atomic E-state index is 0.254. The van der Waals surface area contributed by atoms with Crippen LogP contribution in [0.3, 0.4) is 0 Å². The average Bonchev–Trinajstić information content (AvgIpc) is 2.86. The van der Waals surface area contributed by atoms with Crippen LogP contribution in [0.4, 0.5) is 5.69 Å². The third kappa shape index (κ3) is 2.84. The molecule has 1 saturated heterocycles. The van der Waals surface area contributed by atoms with Gasteiger partial charge in [0.25, 0.3) is 5.91 Å². The first-order valence-corrected chi connectivity index (χ1v) is 6.82. The van der Waals surface area contributed by atoms with Crippen molar-refractivity contribution in [2.45, 2.75) is 6.04 Å². The number of carbonyl (C=O) groups excluding carboxylic acids is 1. The Balaban J connectivity index is 1.76. The molecule has 21 heavy (non-hydrogen) atoms. The fraction of sp³-hybridized carbons (Fsp3) is 0.308. The highest BCUT2D eigenvalue weighted by Gasteiger charge is 2.22. The van der Waals surface area contributed by atoms with Crippen LogP contribution in [0.2, 0.25) is 5.02 Å². The van der Waals surface area contributed by atoms with Crippen LogP contribution < -0.4 is 15.4 Å². The van der Waals surface area contributed by atoms with Gasteiger partial charge in [0.2, 0.25) is 0 Å². The third-order valence-corrected chi connectivity index (χ3v) is 3.52. The molecule has 0 saturated carbocycles. The second-order valence-corrected chi connectivity index (χ2v) is 5.13. The molecule has 1 aliphatic rings. The van der Waals surface area contributed by atoms with E-state index in [1.54, 1.807) is 29.1 Å². The molecule has 7 nitrogen and oxygen atoms in total. The molecule has 0 bridgehead atoms. The molecule has 0 radical (unpaired) electrons. The Morgan fingerprint density at radius 1 is 1.52 bits per heavy atom. The van der Waals surface area contributed by atoms with E-state index in [9.17, 15) is 4.79 Å². The number of carbonyl (C=O) groups is 1. The third-order valence-electron chi connectivity index (χ3n) is 3.29. The number of hydrogen-bond donors (Lipinski definition) is 2. The van der Waals surface area contributed by atoms with E-state index in [1.165, 1.54) is 7.11 Å². The number of methoxy groups -OCH3 is 1. The first kappa shape index (κ1) is 13.8. The zero-order chi connectivity index (χ0) is 14.8. The largest absolute Gasteiger partial charge is 0.495 e. The van der Waals surface area contributed by atoms with Crippen molar-refractivity contribution in [2.24, 2.45) is 0 Å². The number of amides is 1. The summed E-state index contributed by atoms with van der Waals surface area (Å²) < 4.78 is 6.88. The van der Waals surface area contributed by atoms with Gasteiger partial charge in [-0.3, -0.25) is 4.79 Å². The van der Waals surface area contributed by atoms with Crippen LogP contribution in [0.25, 0.3) is 0 Å². The molecule has 0 aliphatic carbocycles. The van der Waals surface area contributed by atoms with E-state index in [-0.39, 0.29) is 17.6 Å². The normalized spacial score (nSPS) is 14.6. The van der Waals surface area contributed by atoms with E-state index in [2.05, 4.69) is 20.9 Å². The molecular formula is C13H14ClN5O2. The average molecular weight is 308 g/mol. The predicted molar refractivity (Wildman–Crippen MR) is 77.9 cm³/mol. The summed E-state index contributed by atoms with van der Waals surface area (Å²) in [6.07, 6.45) is 1.64. The van der Waals surface area contributed by atoms with Gasteiger partial charge >= 0.3 is 0 Å². The fourth-order valence-electron chi connectivity index (χ4n) is 1.98. The SMILES string of the molecule is COc1ccc(Cl)cc1NC(=O)c1cn(C2CNC2)nn1. The highest BCUT2D eigenvalue weighted by molar-refractivity contribution is 6.31. The lowest BCUT2D eigenvalue weighted by Gasteiger charge is -2.26. The summed E-state index contributed by atoms with van der Waals surface area (Å²) in [6.45, 7) is 1.68. The van der Waals surface area contributed by atoms with Gasteiger partial charge in [0.15, 0.2) is 5.69 Å². The predicted octanol–water partition coefficient (Wildman–Crippen LogP) is 1.34. The second-order valence-electron chi connectivity index (χ2n) is 4.69. The lowest BCUT2D eigenvalue weighted by molar-refractivity contribution is 0.102. The summed E-state index contributed by atoms with van der Waals surface area (Å²) in [6, 6.07) is 5.27. The summed E-state index contributed by atoms with van der Waals surface area (Å²) in [4.78, 5) is 12.2. The zero-order valence-corrected chi connectivity index (χ0v) is 12.1. The van der Waals surface area contributed by atoms with Crippen molar-refractivity contribution in [3.63, 3.8) is 0 Å². The topological polar surface area (TPSA) is 81.1 Å². The Bertz CT molecular complexity index is 668. The van der Waals surface area contributed by atoms with Crippen LogP contribution in [-0.2, 0) is 0 Å². The number of anilines is 1. The van der Waals surface area contributed by atoms with Crippen molar-refractivity contribution in [3.8, 4) is 5.75 Å². The summed E-state index contributed by atoms with van der Waals surface area (Å²) in [5.41, 5.74) is 0.749. The molecule has 1 aromatic heterocycles. The van der Waals surface area contributed by atoms with Gasteiger partial charge in [0.05, 0.1) is 25.0 Å². The summed E-state index contributed by atoms with van der Waals surface area (Å²) in [5.74, 6) is 0.178. The summed E-state index contributed by atoms with van der Waals surface area (Å²) in [5, 5.41) is 14.2. The summed E-state index contributed by atoms with van der Waals surface area (Å²) >= 11 is 5.93. The number of nitrogens with zero attached hydrogens (tertiary/aromatic N) is 3. The number of rotatable bonds is 4. The Morgan fingerprint density at radius 3 is 3.00 bits per heavy atom. The quantitative estimate of drug-likeness (QED) is 0.891. The maximum Gasteiger partial charge on any atom is 0.277 e. The Hall–Kier alpha value is -2.12. The van der Waals surface area contributed by atoms with Gasteiger partial charge in [0, 0.05) is 18.1 Å². The van der Waals surface area contributed by atoms with Gasteiger partial charge in [0.1, 0.15) is 5.75 Å². The van der Waals surface area contributed by atoms with Crippen molar-refractivity contribution >= 4 is 23.2 Å². The molecule has 8 heteroatoms. The molecule has 2 heterocycles. The standard InChI is InChI=1S/C13H14ClN5O2/c1-21-12-3-2-8(14)4-10(12)16-13(20)11-7-19(18-17-11)9-5-15-6-9/h2-4,7,9,15H,5-6H2,1H3,(H,16,20). The van der Waals surface area contributed by atoms with Crippen LogP contribution in [-0.4, -0.2) is 41.1 Å². The lowest BCUT2D eigenvalue weighted by Crippen LogP contribution is -2.43. The maximum absolute atomic E-state index is 12.2. The molecule has 3 rings (SSSR count). The van der Waals surface area contributed by atoms with Crippen molar-refractivity contribution < 1.29 is 9.53 Å². The van der Waals surface area contributed by atoms with Gasteiger partial charge in [-0.15, -0.1) is 5.10 Å². The van der Waals surface area contributed by atoms with E-state index < -0.39 is 0 Å².